The zero-order valence-corrected chi connectivity index (χ0v) is 10.7. The maximum atomic E-state index is 10.7. The predicted molar refractivity (Wildman–Crippen MR) is 72.6 cm³/mol. The third kappa shape index (κ3) is 2.88. The molecule has 1 aliphatic rings. The van der Waals surface area contributed by atoms with Crippen LogP contribution in [0.2, 0.25) is 0 Å². The van der Waals surface area contributed by atoms with Crippen molar-refractivity contribution in [2.45, 2.75) is 39.0 Å². The number of aryl methyl sites for hydroxylation is 2. The second kappa shape index (κ2) is 5.67. The van der Waals surface area contributed by atoms with Gasteiger partial charge < -0.3 is 5.73 Å². The topological polar surface area (TPSA) is 67.5 Å². The van der Waals surface area contributed by atoms with Gasteiger partial charge in [-0.25, -0.2) is 10.2 Å². The average Bonchev–Trinajstić information content (AvgIpc) is 2.39. The molecule has 0 spiro atoms. The molecule has 4 heteroatoms. The number of carbonyl (C=O) groups excluding carboxylic acids is 1. The first-order valence-electron chi connectivity index (χ1n) is 6.45. The predicted octanol–water partition coefficient (Wildman–Crippen LogP) is 2.35. The fraction of sp³-hybridized carbons (Fsp3) is 0.429. The van der Waals surface area contributed by atoms with Gasteiger partial charge in [-0.3, -0.25) is 0 Å². The summed E-state index contributed by atoms with van der Waals surface area (Å²) in [6.45, 7) is 2.01. The van der Waals surface area contributed by atoms with Crippen LogP contribution in [-0.4, -0.2) is 11.7 Å². The number of nitrogens with zero attached hydrogens (tertiary/aromatic N) is 1. The Labute approximate surface area is 107 Å². The zero-order chi connectivity index (χ0) is 13.0. The summed E-state index contributed by atoms with van der Waals surface area (Å²) in [6, 6.07) is 5.83. The van der Waals surface area contributed by atoms with Gasteiger partial charge in [0.25, 0.3) is 0 Å². The van der Waals surface area contributed by atoms with Crippen molar-refractivity contribution in [2.75, 3.05) is 0 Å². The fourth-order valence-electron chi connectivity index (χ4n) is 2.38. The molecule has 96 valence electrons. The first-order valence-corrected chi connectivity index (χ1v) is 6.45. The molecule has 0 bridgehead atoms. The third-order valence-corrected chi connectivity index (χ3v) is 3.32. The Morgan fingerprint density at radius 2 is 2.06 bits per heavy atom. The molecule has 0 saturated heterocycles. The number of hydrogen-bond donors (Lipinski definition) is 2. The first-order chi connectivity index (χ1) is 8.70. The maximum Gasteiger partial charge on any atom is 0.332 e. The van der Waals surface area contributed by atoms with Crippen molar-refractivity contribution in [1.29, 1.82) is 0 Å². The Morgan fingerprint density at radius 3 is 2.72 bits per heavy atom. The van der Waals surface area contributed by atoms with E-state index in [0.29, 0.717) is 0 Å². The smallest absolute Gasteiger partial charge is 0.332 e. The Morgan fingerprint density at radius 1 is 1.33 bits per heavy atom. The lowest BCUT2D eigenvalue weighted by Gasteiger charge is -2.16. The number of primary amides is 1. The summed E-state index contributed by atoms with van der Waals surface area (Å²) in [6.07, 6.45) is 5.62. The monoisotopic (exact) mass is 245 g/mol. The molecule has 0 unspecified atom stereocenters. The second-order valence-corrected chi connectivity index (χ2v) is 4.58. The van der Waals surface area contributed by atoms with Gasteiger partial charge in [-0.05, 0) is 54.9 Å². The van der Waals surface area contributed by atoms with Gasteiger partial charge in [0.1, 0.15) is 0 Å². The fourth-order valence-corrected chi connectivity index (χ4v) is 2.38. The standard InChI is InChI=1S/C14H19N3O/c1-2-13(16-17-14(15)18)12-8-7-10-5-3-4-6-11(10)9-12/h7-9H,2-6H2,1H3,(H3,15,17,18)/b16-13-. The number of nitrogens with one attached hydrogen (secondary N) is 1. The van der Waals surface area contributed by atoms with Crippen molar-refractivity contribution in [3.8, 4) is 0 Å². The SMILES string of the molecule is CC/C(=N/NC(N)=O)c1ccc2c(c1)CCCC2. The van der Waals surface area contributed by atoms with Crippen LogP contribution >= 0.6 is 0 Å². The molecule has 2 rings (SSSR count). The van der Waals surface area contributed by atoms with E-state index in [0.717, 1.165) is 24.1 Å². The molecular formula is C14H19N3O. The van der Waals surface area contributed by atoms with Crippen LogP contribution in [0.15, 0.2) is 23.3 Å². The van der Waals surface area contributed by atoms with E-state index >= 15 is 0 Å². The molecule has 4 nitrogen and oxygen atoms in total. The number of fused-ring (bicyclic) bond motifs is 1. The molecule has 1 aliphatic carbocycles. The summed E-state index contributed by atoms with van der Waals surface area (Å²) in [5.74, 6) is 0. The molecule has 1 aromatic carbocycles. The lowest BCUT2D eigenvalue weighted by atomic mass is 9.89. The number of amides is 2. The summed E-state index contributed by atoms with van der Waals surface area (Å²) in [4.78, 5) is 10.7. The van der Waals surface area contributed by atoms with E-state index in [1.807, 2.05) is 6.92 Å². The van der Waals surface area contributed by atoms with E-state index in [2.05, 4.69) is 28.7 Å². The minimum Gasteiger partial charge on any atom is -0.350 e. The minimum atomic E-state index is -0.626. The van der Waals surface area contributed by atoms with Crippen LogP contribution < -0.4 is 11.2 Å². The number of urea groups is 1. The number of nitrogens with two attached hydrogens (primary N) is 1. The van der Waals surface area contributed by atoms with Crippen molar-refractivity contribution in [3.63, 3.8) is 0 Å². The van der Waals surface area contributed by atoms with Crippen LogP contribution in [0.4, 0.5) is 4.79 Å². The van der Waals surface area contributed by atoms with E-state index in [4.69, 9.17) is 5.73 Å². The van der Waals surface area contributed by atoms with Crippen LogP contribution in [0.25, 0.3) is 0 Å². The van der Waals surface area contributed by atoms with Gasteiger partial charge in [-0.15, -0.1) is 0 Å². The van der Waals surface area contributed by atoms with Crippen molar-refractivity contribution in [3.05, 3.63) is 34.9 Å². The van der Waals surface area contributed by atoms with Crippen LogP contribution in [0, 0.1) is 0 Å². The van der Waals surface area contributed by atoms with E-state index in [1.165, 1.54) is 30.4 Å². The maximum absolute atomic E-state index is 10.7. The number of benzene rings is 1. The van der Waals surface area contributed by atoms with Gasteiger partial charge >= 0.3 is 6.03 Å². The summed E-state index contributed by atoms with van der Waals surface area (Å²) >= 11 is 0. The lowest BCUT2D eigenvalue weighted by molar-refractivity contribution is 0.249. The van der Waals surface area contributed by atoms with Crippen LogP contribution in [0.5, 0.6) is 0 Å². The molecule has 0 saturated carbocycles. The summed E-state index contributed by atoms with van der Waals surface area (Å²) < 4.78 is 0. The van der Waals surface area contributed by atoms with Crippen molar-refractivity contribution in [1.82, 2.24) is 5.43 Å². The number of carbonyl (C=O) groups is 1. The molecule has 0 aliphatic heterocycles. The van der Waals surface area contributed by atoms with Crippen molar-refractivity contribution < 1.29 is 4.79 Å². The van der Waals surface area contributed by atoms with Crippen LogP contribution in [-0.2, 0) is 12.8 Å². The van der Waals surface area contributed by atoms with E-state index in [9.17, 15) is 4.79 Å². The second-order valence-electron chi connectivity index (χ2n) is 4.58. The molecule has 0 fully saturated rings. The molecule has 18 heavy (non-hydrogen) atoms. The average molecular weight is 245 g/mol. The molecule has 3 N–H and O–H groups in total. The Kier molecular flexibility index (Phi) is 3.97. The molecule has 0 radical (unpaired) electrons. The number of hydrazone groups is 1. The summed E-state index contributed by atoms with van der Waals surface area (Å²) in [5.41, 5.74) is 12.1. The third-order valence-electron chi connectivity index (χ3n) is 3.32. The molecule has 0 heterocycles. The van der Waals surface area contributed by atoms with Crippen molar-refractivity contribution in [2.24, 2.45) is 10.8 Å². The lowest BCUT2D eigenvalue weighted by Crippen LogP contribution is -2.26. The molecule has 2 amide bonds. The minimum absolute atomic E-state index is 0.626. The highest BCUT2D eigenvalue weighted by Gasteiger charge is 2.11. The Hall–Kier alpha value is -1.84. The molecule has 0 aromatic heterocycles. The van der Waals surface area contributed by atoms with Gasteiger partial charge in [0.15, 0.2) is 0 Å². The van der Waals surface area contributed by atoms with Gasteiger partial charge in [0.2, 0.25) is 0 Å². The van der Waals surface area contributed by atoms with Gasteiger partial charge in [0.05, 0.1) is 5.71 Å². The van der Waals surface area contributed by atoms with Crippen LogP contribution in [0.3, 0.4) is 0 Å². The van der Waals surface area contributed by atoms with Crippen molar-refractivity contribution >= 4 is 11.7 Å². The van der Waals surface area contributed by atoms with Gasteiger partial charge in [-0.1, -0.05) is 19.1 Å². The summed E-state index contributed by atoms with van der Waals surface area (Å²) in [7, 11) is 0. The largest absolute Gasteiger partial charge is 0.350 e. The van der Waals surface area contributed by atoms with Gasteiger partial charge in [0, 0.05) is 0 Å². The number of hydrogen-bond acceptors (Lipinski definition) is 2. The van der Waals surface area contributed by atoms with Gasteiger partial charge in [-0.2, -0.15) is 5.10 Å². The molecule has 0 atom stereocenters. The highest BCUT2D eigenvalue weighted by molar-refractivity contribution is 6.01. The Bertz CT molecular complexity index is 480. The first kappa shape index (κ1) is 12.6. The van der Waals surface area contributed by atoms with E-state index < -0.39 is 6.03 Å². The number of rotatable bonds is 3. The summed E-state index contributed by atoms with van der Waals surface area (Å²) in [5, 5.41) is 4.05. The Balaban J connectivity index is 2.26. The highest BCUT2D eigenvalue weighted by Crippen LogP contribution is 2.22. The van der Waals surface area contributed by atoms with Crippen LogP contribution in [0.1, 0.15) is 42.9 Å². The molecule has 1 aromatic rings. The van der Waals surface area contributed by atoms with E-state index in [1.54, 1.807) is 0 Å². The highest BCUT2D eigenvalue weighted by atomic mass is 16.2. The molecular weight excluding hydrogens is 226 g/mol. The zero-order valence-electron chi connectivity index (χ0n) is 10.7. The quantitative estimate of drug-likeness (QED) is 0.623. The normalized spacial score (nSPS) is 15.1. The van der Waals surface area contributed by atoms with E-state index in [-0.39, 0.29) is 0 Å².